The van der Waals surface area contributed by atoms with E-state index in [0.717, 1.165) is 25.5 Å². The summed E-state index contributed by atoms with van der Waals surface area (Å²) in [6, 6.07) is 4.55. The van der Waals surface area contributed by atoms with Crippen LogP contribution in [0.25, 0.3) is 0 Å². The van der Waals surface area contributed by atoms with E-state index in [9.17, 15) is 18.0 Å². The maximum absolute atomic E-state index is 12.9. The van der Waals surface area contributed by atoms with Crippen molar-refractivity contribution in [2.75, 3.05) is 32.0 Å². The number of nitrogens with one attached hydrogen (secondary N) is 2. The highest BCUT2D eigenvalue weighted by Gasteiger charge is 2.34. The van der Waals surface area contributed by atoms with Crippen molar-refractivity contribution in [1.29, 1.82) is 0 Å². The van der Waals surface area contributed by atoms with E-state index in [-0.39, 0.29) is 5.69 Å². The maximum atomic E-state index is 12.9. The van der Waals surface area contributed by atoms with Crippen molar-refractivity contribution in [3.63, 3.8) is 0 Å². The van der Waals surface area contributed by atoms with E-state index >= 15 is 0 Å². The average Bonchev–Trinajstić information content (AvgIpc) is 2.48. The van der Waals surface area contributed by atoms with Crippen molar-refractivity contribution in [1.82, 2.24) is 10.2 Å². The molecule has 1 aromatic carbocycles. The van der Waals surface area contributed by atoms with Gasteiger partial charge in [-0.15, -0.1) is 0 Å². The van der Waals surface area contributed by atoms with Crippen LogP contribution in [0.4, 0.5) is 23.7 Å². The van der Waals surface area contributed by atoms with Gasteiger partial charge in [0.1, 0.15) is 0 Å². The standard InChI is InChI=1S/C15H20F3N3O/c1-19-10-11-6-8-21(9-7-11)14(22)20-13-5-3-2-4-12(13)15(16,17)18/h2-5,11,19H,6-10H2,1H3,(H,20,22). The molecule has 0 radical (unpaired) electrons. The molecule has 7 heteroatoms. The Bertz CT molecular complexity index is 511. The molecule has 4 nitrogen and oxygen atoms in total. The number of halogens is 3. The molecule has 1 aliphatic heterocycles. The van der Waals surface area contributed by atoms with Crippen molar-refractivity contribution in [3.05, 3.63) is 29.8 Å². The molecule has 1 aliphatic rings. The van der Waals surface area contributed by atoms with Crippen molar-refractivity contribution in [2.45, 2.75) is 19.0 Å². The molecule has 2 rings (SSSR count). The van der Waals surface area contributed by atoms with Gasteiger partial charge in [0.25, 0.3) is 0 Å². The highest BCUT2D eigenvalue weighted by Crippen LogP contribution is 2.34. The Balaban J connectivity index is 1.99. The molecule has 1 aromatic rings. The molecule has 2 amide bonds. The number of carbonyl (C=O) groups is 1. The molecule has 0 aromatic heterocycles. The van der Waals surface area contributed by atoms with Crippen LogP contribution in [0.1, 0.15) is 18.4 Å². The van der Waals surface area contributed by atoms with Gasteiger partial charge in [-0.25, -0.2) is 4.79 Å². The second-order valence-corrected chi connectivity index (χ2v) is 5.46. The van der Waals surface area contributed by atoms with Gasteiger partial charge in [0.2, 0.25) is 0 Å². The quantitative estimate of drug-likeness (QED) is 0.900. The van der Waals surface area contributed by atoms with Gasteiger partial charge in [0.05, 0.1) is 11.3 Å². The molecule has 1 fully saturated rings. The number of para-hydroxylation sites is 1. The number of benzene rings is 1. The Labute approximate surface area is 127 Å². The van der Waals surface area contributed by atoms with Crippen LogP contribution in [0.2, 0.25) is 0 Å². The molecule has 0 aliphatic carbocycles. The number of anilines is 1. The van der Waals surface area contributed by atoms with Crippen LogP contribution >= 0.6 is 0 Å². The largest absolute Gasteiger partial charge is 0.418 e. The maximum Gasteiger partial charge on any atom is 0.418 e. The van der Waals surface area contributed by atoms with E-state index in [1.54, 1.807) is 4.90 Å². The second-order valence-electron chi connectivity index (χ2n) is 5.46. The monoisotopic (exact) mass is 315 g/mol. The molecule has 2 N–H and O–H groups in total. The van der Waals surface area contributed by atoms with Crippen LogP contribution < -0.4 is 10.6 Å². The normalized spacial score (nSPS) is 16.6. The van der Waals surface area contributed by atoms with Gasteiger partial charge in [-0.2, -0.15) is 13.2 Å². The van der Waals surface area contributed by atoms with Crippen LogP contribution in [0.5, 0.6) is 0 Å². The summed E-state index contributed by atoms with van der Waals surface area (Å²) in [4.78, 5) is 13.7. The van der Waals surface area contributed by atoms with Crippen LogP contribution in [0.15, 0.2) is 24.3 Å². The number of rotatable bonds is 3. The molecule has 122 valence electrons. The van der Waals surface area contributed by atoms with Gasteiger partial charge < -0.3 is 15.5 Å². The summed E-state index contributed by atoms with van der Waals surface area (Å²) in [6.45, 7) is 2.02. The second kappa shape index (κ2) is 7.00. The number of carbonyl (C=O) groups excluding carboxylic acids is 1. The first-order valence-corrected chi connectivity index (χ1v) is 7.28. The molecule has 0 bridgehead atoms. The fourth-order valence-electron chi connectivity index (χ4n) is 2.66. The fraction of sp³-hybridized carbons (Fsp3) is 0.533. The number of hydrogen-bond acceptors (Lipinski definition) is 2. The minimum atomic E-state index is -4.48. The van der Waals surface area contributed by atoms with Gasteiger partial charge in [-0.3, -0.25) is 0 Å². The first-order chi connectivity index (χ1) is 10.4. The summed E-state index contributed by atoms with van der Waals surface area (Å²) in [7, 11) is 1.88. The van der Waals surface area contributed by atoms with Crippen molar-refractivity contribution >= 4 is 11.7 Å². The Hall–Kier alpha value is -1.76. The lowest BCUT2D eigenvalue weighted by Crippen LogP contribution is -2.42. The molecule has 22 heavy (non-hydrogen) atoms. The van der Waals surface area contributed by atoms with E-state index in [0.29, 0.717) is 19.0 Å². The fourth-order valence-corrected chi connectivity index (χ4v) is 2.66. The lowest BCUT2D eigenvalue weighted by atomic mass is 9.97. The van der Waals surface area contributed by atoms with E-state index in [2.05, 4.69) is 10.6 Å². The summed E-state index contributed by atoms with van der Waals surface area (Å²) >= 11 is 0. The van der Waals surface area contributed by atoms with Crippen LogP contribution in [-0.4, -0.2) is 37.6 Å². The number of likely N-dealkylation sites (tertiary alicyclic amines) is 1. The van der Waals surface area contributed by atoms with Crippen molar-refractivity contribution in [3.8, 4) is 0 Å². The van der Waals surface area contributed by atoms with Gasteiger partial charge in [-0.1, -0.05) is 12.1 Å². The lowest BCUT2D eigenvalue weighted by molar-refractivity contribution is -0.136. The Kier molecular flexibility index (Phi) is 5.28. The molecule has 0 atom stereocenters. The van der Waals surface area contributed by atoms with Gasteiger partial charge in [0, 0.05) is 13.1 Å². The molecule has 1 heterocycles. The predicted molar refractivity (Wildman–Crippen MR) is 78.7 cm³/mol. The minimum Gasteiger partial charge on any atom is -0.325 e. The molecule has 0 unspecified atom stereocenters. The van der Waals surface area contributed by atoms with Gasteiger partial charge in [-0.05, 0) is 44.5 Å². The molecule has 0 saturated carbocycles. The van der Waals surface area contributed by atoms with Gasteiger partial charge in [0.15, 0.2) is 0 Å². The first-order valence-electron chi connectivity index (χ1n) is 7.28. The van der Waals surface area contributed by atoms with E-state index in [1.165, 1.54) is 18.2 Å². The minimum absolute atomic E-state index is 0.197. The topological polar surface area (TPSA) is 44.4 Å². The lowest BCUT2D eigenvalue weighted by Gasteiger charge is -2.32. The number of piperidine rings is 1. The highest BCUT2D eigenvalue weighted by atomic mass is 19.4. The summed E-state index contributed by atoms with van der Waals surface area (Å²) in [5, 5.41) is 5.49. The smallest absolute Gasteiger partial charge is 0.325 e. The zero-order valence-electron chi connectivity index (χ0n) is 12.4. The molecular formula is C15H20F3N3O. The summed E-state index contributed by atoms with van der Waals surface area (Å²) in [6.07, 6.45) is -2.77. The third kappa shape index (κ3) is 4.13. The highest BCUT2D eigenvalue weighted by molar-refractivity contribution is 5.90. The number of nitrogens with zero attached hydrogens (tertiary/aromatic N) is 1. The third-order valence-corrected chi connectivity index (χ3v) is 3.87. The van der Waals surface area contributed by atoms with Crippen LogP contribution in [-0.2, 0) is 6.18 Å². The number of alkyl halides is 3. The van der Waals surface area contributed by atoms with E-state index in [1.807, 2.05) is 7.05 Å². The summed E-state index contributed by atoms with van der Waals surface area (Å²) in [5.41, 5.74) is -1.02. The van der Waals surface area contributed by atoms with Crippen LogP contribution in [0, 0.1) is 5.92 Å². The molecular weight excluding hydrogens is 295 g/mol. The Morgan fingerprint density at radius 2 is 1.91 bits per heavy atom. The number of urea groups is 1. The van der Waals surface area contributed by atoms with Crippen molar-refractivity contribution < 1.29 is 18.0 Å². The first kappa shape index (κ1) is 16.6. The summed E-state index contributed by atoms with van der Waals surface area (Å²) in [5.74, 6) is 0.511. The third-order valence-electron chi connectivity index (χ3n) is 3.87. The average molecular weight is 315 g/mol. The Morgan fingerprint density at radius 3 is 2.50 bits per heavy atom. The molecule has 0 spiro atoms. The van der Waals surface area contributed by atoms with E-state index in [4.69, 9.17) is 0 Å². The Morgan fingerprint density at radius 1 is 1.27 bits per heavy atom. The zero-order valence-corrected chi connectivity index (χ0v) is 12.4. The predicted octanol–water partition coefficient (Wildman–Crippen LogP) is 3.17. The van der Waals surface area contributed by atoms with Gasteiger partial charge >= 0.3 is 12.2 Å². The zero-order chi connectivity index (χ0) is 16.2. The number of amides is 2. The van der Waals surface area contributed by atoms with Crippen molar-refractivity contribution in [2.24, 2.45) is 5.92 Å². The summed E-state index contributed by atoms with van der Waals surface area (Å²) < 4.78 is 38.7. The van der Waals surface area contributed by atoms with E-state index < -0.39 is 17.8 Å². The number of hydrogen-bond donors (Lipinski definition) is 2. The molecule has 1 saturated heterocycles. The van der Waals surface area contributed by atoms with Crippen LogP contribution in [0.3, 0.4) is 0 Å². The SMILES string of the molecule is CNCC1CCN(C(=O)Nc2ccccc2C(F)(F)F)CC1.